The van der Waals surface area contributed by atoms with E-state index < -0.39 is 5.60 Å². The first-order valence-electron chi connectivity index (χ1n) is 8.92. The fraction of sp³-hybridized carbons (Fsp3) is 0.619. The molecule has 1 aromatic rings. The van der Waals surface area contributed by atoms with Gasteiger partial charge in [-0.25, -0.2) is 0 Å². The Bertz CT molecular complexity index is 701. The molecule has 1 aromatic carbocycles. The van der Waals surface area contributed by atoms with E-state index in [4.69, 9.17) is 6.42 Å². The third-order valence-electron chi connectivity index (χ3n) is 7.40. The largest absolute Gasteiger partial charge is 0.508 e. The van der Waals surface area contributed by atoms with Crippen LogP contribution in [0.1, 0.15) is 61.6 Å². The lowest BCUT2D eigenvalue weighted by molar-refractivity contribution is -0.0647. The molecule has 0 bridgehead atoms. The SMILES string of the molecule is C#C[C@@]1(O)CC[C@@H]2[C@@H]3CCc4cc(O)cc(C)c4[C@@H]3CC[C@]21C. The lowest BCUT2D eigenvalue weighted by Gasteiger charge is -2.52. The van der Waals surface area contributed by atoms with E-state index in [-0.39, 0.29) is 5.41 Å². The van der Waals surface area contributed by atoms with E-state index in [2.05, 4.69) is 19.8 Å². The Hall–Kier alpha value is -1.46. The molecule has 0 heterocycles. The van der Waals surface area contributed by atoms with Gasteiger partial charge in [-0.2, -0.15) is 0 Å². The molecule has 0 aliphatic heterocycles. The average Bonchev–Trinajstić information content (AvgIpc) is 2.79. The second-order valence-electron chi connectivity index (χ2n) is 8.25. The van der Waals surface area contributed by atoms with Gasteiger partial charge in [0.2, 0.25) is 0 Å². The van der Waals surface area contributed by atoms with Gasteiger partial charge in [0.1, 0.15) is 11.4 Å². The maximum atomic E-state index is 11.0. The zero-order chi connectivity index (χ0) is 16.4. The Labute approximate surface area is 138 Å². The zero-order valence-corrected chi connectivity index (χ0v) is 14.1. The van der Waals surface area contributed by atoms with E-state index >= 15 is 0 Å². The molecule has 4 rings (SSSR count). The van der Waals surface area contributed by atoms with E-state index in [1.165, 1.54) is 16.7 Å². The third-order valence-corrected chi connectivity index (χ3v) is 7.40. The highest BCUT2D eigenvalue weighted by atomic mass is 16.3. The van der Waals surface area contributed by atoms with Crippen molar-refractivity contribution in [3.63, 3.8) is 0 Å². The van der Waals surface area contributed by atoms with Crippen molar-refractivity contribution in [2.24, 2.45) is 17.3 Å². The molecule has 122 valence electrons. The molecule has 0 aromatic heterocycles. The first-order chi connectivity index (χ1) is 10.9. The first-order valence-corrected chi connectivity index (χ1v) is 8.92. The maximum absolute atomic E-state index is 11.0. The topological polar surface area (TPSA) is 40.5 Å². The van der Waals surface area contributed by atoms with Crippen LogP contribution in [0.2, 0.25) is 0 Å². The summed E-state index contributed by atoms with van der Waals surface area (Å²) in [6, 6.07) is 3.86. The van der Waals surface area contributed by atoms with E-state index in [0.717, 1.165) is 38.5 Å². The molecular formula is C21H26O2. The molecule has 2 saturated carbocycles. The molecule has 0 spiro atoms. The van der Waals surface area contributed by atoms with Crippen LogP contribution in [0.4, 0.5) is 0 Å². The summed E-state index contributed by atoms with van der Waals surface area (Å²) in [5, 5.41) is 20.9. The number of aryl methyl sites for hydroxylation is 2. The van der Waals surface area contributed by atoms with E-state index in [1.807, 2.05) is 12.1 Å². The highest BCUT2D eigenvalue weighted by molar-refractivity contribution is 5.46. The second kappa shape index (κ2) is 4.77. The third kappa shape index (κ3) is 1.86. The Morgan fingerprint density at radius 3 is 2.74 bits per heavy atom. The van der Waals surface area contributed by atoms with Crippen LogP contribution >= 0.6 is 0 Å². The van der Waals surface area contributed by atoms with Crippen molar-refractivity contribution in [3.8, 4) is 18.1 Å². The van der Waals surface area contributed by atoms with Gasteiger partial charge in [0.15, 0.2) is 0 Å². The van der Waals surface area contributed by atoms with Crippen LogP contribution in [0.5, 0.6) is 5.75 Å². The predicted molar refractivity (Wildman–Crippen MR) is 91.2 cm³/mol. The molecule has 2 fully saturated rings. The first kappa shape index (κ1) is 15.1. The standard InChI is InChI=1S/C21H26O2/c1-4-21(23)10-8-18-16-6-5-14-12-15(22)11-13(2)19(14)17(16)7-9-20(18,21)3/h1,11-12,16-18,22-23H,5-10H2,2-3H3/t16-,17-,18-,20-,21-/m1/s1. The quantitative estimate of drug-likeness (QED) is 0.713. The van der Waals surface area contributed by atoms with Gasteiger partial charge in [-0.1, -0.05) is 12.8 Å². The lowest BCUT2D eigenvalue weighted by Crippen LogP contribution is -2.50. The zero-order valence-electron chi connectivity index (χ0n) is 14.1. The Morgan fingerprint density at radius 2 is 2.00 bits per heavy atom. The van der Waals surface area contributed by atoms with Crippen LogP contribution in [0.25, 0.3) is 0 Å². The molecule has 3 aliphatic carbocycles. The number of hydrogen-bond donors (Lipinski definition) is 2. The molecule has 3 aliphatic rings. The van der Waals surface area contributed by atoms with Crippen LogP contribution in [0.3, 0.4) is 0 Å². The van der Waals surface area contributed by atoms with Crippen LogP contribution in [-0.2, 0) is 6.42 Å². The molecular weight excluding hydrogens is 284 g/mol. The molecule has 23 heavy (non-hydrogen) atoms. The maximum Gasteiger partial charge on any atom is 0.130 e. The van der Waals surface area contributed by atoms with Crippen molar-refractivity contribution in [3.05, 3.63) is 28.8 Å². The number of aliphatic hydroxyl groups is 1. The minimum atomic E-state index is -0.924. The fourth-order valence-corrected chi connectivity index (χ4v) is 6.21. The summed E-state index contributed by atoms with van der Waals surface area (Å²) < 4.78 is 0. The molecule has 0 unspecified atom stereocenters. The van der Waals surface area contributed by atoms with Crippen molar-refractivity contribution in [2.45, 2.75) is 63.9 Å². The highest BCUT2D eigenvalue weighted by Gasteiger charge is 2.61. The van der Waals surface area contributed by atoms with Gasteiger partial charge in [-0.3, -0.25) is 0 Å². The van der Waals surface area contributed by atoms with Gasteiger partial charge in [-0.15, -0.1) is 6.42 Å². The summed E-state index contributed by atoms with van der Waals surface area (Å²) in [5.74, 6) is 4.83. The fourth-order valence-electron chi connectivity index (χ4n) is 6.21. The summed E-state index contributed by atoms with van der Waals surface area (Å²) in [4.78, 5) is 0. The van der Waals surface area contributed by atoms with Gasteiger partial charge in [0.05, 0.1) is 0 Å². The molecule has 5 atom stereocenters. The minimum absolute atomic E-state index is 0.134. The summed E-state index contributed by atoms with van der Waals surface area (Å²) >= 11 is 0. The van der Waals surface area contributed by atoms with Gasteiger partial charge >= 0.3 is 0 Å². The number of fused-ring (bicyclic) bond motifs is 5. The summed E-state index contributed by atoms with van der Waals surface area (Å²) in [6.07, 6.45) is 11.8. The van der Waals surface area contributed by atoms with Crippen molar-refractivity contribution in [1.29, 1.82) is 0 Å². The number of aromatic hydroxyl groups is 1. The average molecular weight is 310 g/mol. The van der Waals surface area contributed by atoms with Crippen LogP contribution in [-0.4, -0.2) is 15.8 Å². The van der Waals surface area contributed by atoms with Gasteiger partial charge < -0.3 is 10.2 Å². The number of phenolic OH excluding ortho intramolecular Hbond substituents is 1. The Morgan fingerprint density at radius 1 is 1.22 bits per heavy atom. The molecule has 2 N–H and O–H groups in total. The van der Waals surface area contributed by atoms with Crippen molar-refractivity contribution in [2.75, 3.05) is 0 Å². The van der Waals surface area contributed by atoms with Crippen molar-refractivity contribution in [1.82, 2.24) is 0 Å². The monoisotopic (exact) mass is 310 g/mol. The molecule has 0 radical (unpaired) electrons. The van der Waals surface area contributed by atoms with E-state index in [1.54, 1.807) is 0 Å². The summed E-state index contributed by atoms with van der Waals surface area (Å²) in [6.45, 7) is 4.35. The molecule has 2 nitrogen and oxygen atoms in total. The Kier molecular flexibility index (Phi) is 3.13. The van der Waals surface area contributed by atoms with Crippen molar-refractivity contribution < 1.29 is 10.2 Å². The lowest BCUT2D eigenvalue weighted by atomic mass is 9.53. The predicted octanol–water partition coefficient (Wildman–Crippen LogP) is 3.92. The highest BCUT2D eigenvalue weighted by Crippen LogP contribution is 2.64. The van der Waals surface area contributed by atoms with E-state index in [9.17, 15) is 10.2 Å². The number of rotatable bonds is 0. The molecule has 0 saturated heterocycles. The second-order valence-corrected chi connectivity index (χ2v) is 8.25. The van der Waals surface area contributed by atoms with Gasteiger partial charge in [0, 0.05) is 5.41 Å². The van der Waals surface area contributed by atoms with Crippen molar-refractivity contribution >= 4 is 0 Å². The number of hydrogen-bond acceptors (Lipinski definition) is 2. The van der Waals surface area contributed by atoms with Gasteiger partial charge in [0.25, 0.3) is 0 Å². The smallest absolute Gasteiger partial charge is 0.130 e. The number of phenols is 1. The number of terminal acetylenes is 1. The van der Waals surface area contributed by atoms with Crippen LogP contribution < -0.4 is 0 Å². The number of benzene rings is 1. The summed E-state index contributed by atoms with van der Waals surface area (Å²) in [5.41, 5.74) is 2.97. The molecule has 2 heteroatoms. The van der Waals surface area contributed by atoms with E-state index in [0.29, 0.717) is 23.5 Å². The summed E-state index contributed by atoms with van der Waals surface area (Å²) in [7, 11) is 0. The van der Waals surface area contributed by atoms with Crippen LogP contribution in [0.15, 0.2) is 12.1 Å². The Balaban J connectivity index is 1.75. The van der Waals surface area contributed by atoms with Crippen LogP contribution in [0, 0.1) is 36.5 Å². The molecule has 0 amide bonds. The van der Waals surface area contributed by atoms with Gasteiger partial charge in [-0.05, 0) is 92.0 Å². The normalized spacial score (nSPS) is 41.6. The minimum Gasteiger partial charge on any atom is -0.508 e.